The summed E-state index contributed by atoms with van der Waals surface area (Å²) in [6.45, 7) is 12.1. The number of nitrogens with zero attached hydrogens (tertiary/aromatic N) is 1. The Morgan fingerprint density at radius 1 is 0.880 bits per heavy atom. The van der Waals surface area contributed by atoms with E-state index in [1.54, 1.807) is 13.3 Å². The summed E-state index contributed by atoms with van der Waals surface area (Å²) in [6.07, 6.45) is 1.77. The molecule has 0 unspecified atom stereocenters. The molecular formula is C22H30ClNO. The van der Waals surface area contributed by atoms with Crippen molar-refractivity contribution >= 4 is 22.5 Å². The average molecular weight is 360 g/mol. The number of pyridine rings is 1. The number of ether oxygens (including phenoxy) is 1. The standard InChI is InChI=1S/C9H6ClN.C9H12O.2C2H6/c10-8-3-4-9-7(6-8)2-1-5-11-9;1-7-4-5-8(2)9(6-7)10-3;2*1-2/h1-6H;4-6H,1-3H3;2*1-2H3. The molecule has 3 aromatic rings. The zero-order valence-electron chi connectivity index (χ0n) is 16.4. The Morgan fingerprint density at radius 2 is 1.56 bits per heavy atom. The molecule has 2 aromatic carbocycles. The molecule has 0 saturated heterocycles. The van der Waals surface area contributed by atoms with Crippen molar-refractivity contribution in [2.75, 3.05) is 7.11 Å². The molecule has 0 bridgehead atoms. The van der Waals surface area contributed by atoms with Crippen molar-refractivity contribution in [3.05, 3.63) is 70.9 Å². The maximum Gasteiger partial charge on any atom is 0.122 e. The van der Waals surface area contributed by atoms with Gasteiger partial charge in [-0.15, -0.1) is 0 Å². The minimum Gasteiger partial charge on any atom is -0.496 e. The zero-order valence-corrected chi connectivity index (χ0v) is 17.2. The van der Waals surface area contributed by atoms with Crippen LogP contribution < -0.4 is 4.74 Å². The molecule has 0 radical (unpaired) electrons. The summed E-state index contributed by atoms with van der Waals surface area (Å²) in [5.74, 6) is 0.972. The van der Waals surface area contributed by atoms with Crippen molar-refractivity contribution in [2.45, 2.75) is 41.5 Å². The lowest BCUT2D eigenvalue weighted by molar-refractivity contribution is 0.411. The Hall–Kier alpha value is -2.06. The normalized spacial score (nSPS) is 8.80. The molecule has 2 nitrogen and oxygen atoms in total. The van der Waals surface area contributed by atoms with Crippen LogP contribution in [0.3, 0.4) is 0 Å². The van der Waals surface area contributed by atoms with Crippen molar-refractivity contribution in [3.8, 4) is 5.75 Å². The molecule has 0 atom stereocenters. The summed E-state index contributed by atoms with van der Waals surface area (Å²) in [5.41, 5.74) is 3.41. The highest BCUT2D eigenvalue weighted by atomic mass is 35.5. The summed E-state index contributed by atoms with van der Waals surface area (Å²) in [4.78, 5) is 4.16. The number of fused-ring (bicyclic) bond motifs is 1. The number of halogens is 1. The van der Waals surface area contributed by atoms with Crippen LogP contribution in [-0.2, 0) is 0 Å². The van der Waals surface area contributed by atoms with Gasteiger partial charge in [0.05, 0.1) is 12.6 Å². The van der Waals surface area contributed by atoms with Crippen LogP contribution in [0.25, 0.3) is 10.9 Å². The fourth-order valence-corrected chi connectivity index (χ4v) is 2.15. The zero-order chi connectivity index (χ0) is 19.2. The third-order valence-corrected chi connectivity index (χ3v) is 3.36. The molecule has 0 fully saturated rings. The Labute approximate surface area is 157 Å². The highest BCUT2D eigenvalue weighted by molar-refractivity contribution is 6.31. The van der Waals surface area contributed by atoms with E-state index in [0.717, 1.165) is 21.7 Å². The maximum absolute atomic E-state index is 5.79. The SMILES string of the molecule is CC.CC.COc1cc(C)ccc1C.Clc1ccc2ncccc2c1. The van der Waals surface area contributed by atoms with Gasteiger partial charge in [-0.1, -0.05) is 57.5 Å². The summed E-state index contributed by atoms with van der Waals surface area (Å²) in [6, 6.07) is 15.7. The van der Waals surface area contributed by atoms with Gasteiger partial charge in [0.25, 0.3) is 0 Å². The van der Waals surface area contributed by atoms with Gasteiger partial charge in [-0.2, -0.15) is 0 Å². The lowest BCUT2D eigenvalue weighted by Crippen LogP contribution is -1.86. The fraction of sp³-hybridized carbons (Fsp3) is 0.318. The molecule has 25 heavy (non-hydrogen) atoms. The Kier molecular flexibility index (Phi) is 12.2. The van der Waals surface area contributed by atoms with Crippen molar-refractivity contribution in [1.29, 1.82) is 0 Å². The van der Waals surface area contributed by atoms with Crippen LogP contribution in [0.5, 0.6) is 5.75 Å². The lowest BCUT2D eigenvalue weighted by Gasteiger charge is -2.03. The maximum atomic E-state index is 5.79. The molecule has 0 amide bonds. The predicted octanol–water partition coefficient (Wildman–Crippen LogP) is 7.25. The second-order valence-electron chi connectivity index (χ2n) is 4.81. The van der Waals surface area contributed by atoms with Crippen molar-refractivity contribution < 1.29 is 4.74 Å². The van der Waals surface area contributed by atoms with E-state index in [-0.39, 0.29) is 0 Å². The van der Waals surface area contributed by atoms with Crippen LogP contribution in [-0.4, -0.2) is 12.1 Å². The second kappa shape index (κ2) is 13.3. The molecule has 0 spiro atoms. The topological polar surface area (TPSA) is 22.1 Å². The number of rotatable bonds is 1. The van der Waals surface area contributed by atoms with E-state index in [1.807, 2.05) is 71.0 Å². The Bertz CT molecular complexity index is 741. The van der Waals surface area contributed by atoms with Gasteiger partial charge in [0.15, 0.2) is 0 Å². The number of benzene rings is 2. The van der Waals surface area contributed by atoms with E-state index in [1.165, 1.54) is 11.1 Å². The summed E-state index contributed by atoms with van der Waals surface area (Å²) >= 11 is 5.79. The monoisotopic (exact) mass is 359 g/mol. The molecule has 0 aliphatic rings. The fourth-order valence-electron chi connectivity index (χ4n) is 1.97. The molecular weight excluding hydrogens is 330 g/mol. The van der Waals surface area contributed by atoms with Gasteiger partial charge < -0.3 is 4.74 Å². The molecule has 3 heteroatoms. The van der Waals surface area contributed by atoms with Gasteiger partial charge in [0.1, 0.15) is 5.75 Å². The molecule has 1 heterocycles. The van der Waals surface area contributed by atoms with Gasteiger partial charge in [-0.3, -0.25) is 4.98 Å². The molecule has 1 aromatic heterocycles. The van der Waals surface area contributed by atoms with Crippen LogP contribution in [0.4, 0.5) is 0 Å². The Morgan fingerprint density at radius 3 is 2.16 bits per heavy atom. The van der Waals surface area contributed by atoms with E-state index in [0.29, 0.717) is 0 Å². The largest absolute Gasteiger partial charge is 0.496 e. The number of hydrogen-bond donors (Lipinski definition) is 0. The smallest absolute Gasteiger partial charge is 0.122 e. The third-order valence-electron chi connectivity index (χ3n) is 3.13. The van der Waals surface area contributed by atoms with E-state index in [2.05, 4.69) is 24.0 Å². The minimum absolute atomic E-state index is 0.755. The molecule has 0 saturated carbocycles. The molecule has 0 aliphatic heterocycles. The number of hydrogen-bond acceptors (Lipinski definition) is 2. The first kappa shape index (κ1) is 22.9. The quantitative estimate of drug-likeness (QED) is 0.456. The van der Waals surface area contributed by atoms with E-state index < -0.39 is 0 Å². The van der Waals surface area contributed by atoms with Crippen molar-refractivity contribution in [3.63, 3.8) is 0 Å². The second-order valence-corrected chi connectivity index (χ2v) is 5.25. The van der Waals surface area contributed by atoms with Crippen LogP contribution in [0, 0.1) is 13.8 Å². The first-order chi connectivity index (χ1) is 12.1. The summed E-state index contributed by atoms with van der Waals surface area (Å²) in [7, 11) is 1.70. The predicted molar refractivity (Wildman–Crippen MR) is 112 cm³/mol. The summed E-state index contributed by atoms with van der Waals surface area (Å²) < 4.78 is 5.13. The van der Waals surface area contributed by atoms with E-state index >= 15 is 0 Å². The van der Waals surface area contributed by atoms with Crippen molar-refractivity contribution in [2.24, 2.45) is 0 Å². The van der Waals surface area contributed by atoms with E-state index in [4.69, 9.17) is 16.3 Å². The highest BCUT2D eigenvalue weighted by Gasteiger charge is 1.95. The number of aromatic nitrogens is 1. The highest BCUT2D eigenvalue weighted by Crippen LogP contribution is 2.18. The average Bonchev–Trinajstić information content (AvgIpc) is 2.67. The third kappa shape index (κ3) is 8.04. The van der Waals surface area contributed by atoms with Gasteiger partial charge in [-0.25, -0.2) is 0 Å². The first-order valence-electron chi connectivity index (χ1n) is 8.71. The molecule has 0 aliphatic carbocycles. The van der Waals surface area contributed by atoms with Gasteiger partial charge in [0, 0.05) is 16.6 Å². The van der Waals surface area contributed by atoms with Crippen LogP contribution >= 0.6 is 11.6 Å². The van der Waals surface area contributed by atoms with Crippen LogP contribution in [0.2, 0.25) is 5.02 Å². The number of aryl methyl sites for hydroxylation is 2. The lowest BCUT2D eigenvalue weighted by atomic mass is 10.1. The van der Waals surface area contributed by atoms with Gasteiger partial charge >= 0.3 is 0 Å². The Balaban J connectivity index is 0.000000387. The van der Waals surface area contributed by atoms with E-state index in [9.17, 15) is 0 Å². The van der Waals surface area contributed by atoms with Gasteiger partial charge in [0.2, 0.25) is 0 Å². The van der Waals surface area contributed by atoms with Crippen LogP contribution in [0.15, 0.2) is 54.7 Å². The molecule has 3 rings (SSSR count). The minimum atomic E-state index is 0.755. The van der Waals surface area contributed by atoms with Crippen molar-refractivity contribution in [1.82, 2.24) is 4.98 Å². The van der Waals surface area contributed by atoms with Gasteiger partial charge in [-0.05, 0) is 55.3 Å². The summed E-state index contributed by atoms with van der Waals surface area (Å²) in [5, 5.41) is 1.84. The number of methoxy groups -OCH3 is 1. The molecule has 0 N–H and O–H groups in total. The molecule has 136 valence electrons. The first-order valence-corrected chi connectivity index (χ1v) is 9.09. The van der Waals surface area contributed by atoms with Crippen LogP contribution in [0.1, 0.15) is 38.8 Å².